The van der Waals surface area contributed by atoms with Gasteiger partial charge in [-0.3, -0.25) is 4.79 Å². The van der Waals surface area contributed by atoms with E-state index in [9.17, 15) is 4.79 Å². The molecule has 1 aliphatic heterocycles. The molecule has 5 atom stereocenters. The van der Waals surface area contributed by atoms with E-state index in [4.69, 9.17) is 13.9 Å². The Hall–Kier alpha value is -1.29. The van der Waals surface area contributed by atoms with E-state index in [0.29, 0.717) is 17.8 Å². The lowest BCUT2D eigenvalue weighted by Gasteiger charge is -2.58. The standard InChI is InChI=1S/C22H32O4/c1-15(23)26-17(12-16-7-11-24-13-16)19-21(4)10-6-18-20(2,3)8-5-9-22(18,19)14-25-21/h7,11,13,17-19H,5-6,8-10,12,14H2,1-4H3/t17-,18-,19-,21-,22+/m0/s1. The van der Waals surface area contributed by atoms with Gasteiger partial charge in [-0.15, -0.1) is 0 Å². The van der Waals surface area contributed by atoms with Crippen LogP contribution in [-0.2, 0) is 20.7 Å². The largest absolute Gasteiger partial charge is 0.472 e. The van der Waals surface area contributed by atoms with E-state index in [2.05, 4.69) is 20.8 Å². The monoisotopic (exact) mass is 360 g/mol. The number of carbonyl (C=O) groups is 1. The van der Waals surface area contributed by atoms with Crippen LogP contribution in [-0.4, -0.2) is 24.3 Å². The fourth-order valence-corrected chi connectivity index (χ4v) is 6.81. The molecule has 1 aromatic rings. The maximum atomic E-state index is 12.0. The number of hydrogen-bond donors (Lipinski definition) is 0. The Labute approximate surface area is 156 Å². The molecule has 2 bridgehead atoms. The second kappa shape index (κ2) is 6.12. The van der Waals surface area contributed by atoms with Crippen LogP contribution in [0.2, 0.25) is 0 Å². The summed E-state index contributed by atoms with van der Waals surface area (Å²) in [7, 11) is 0. The predicted octanol–water partition coefficient (Wildman–Crippen LogP) is 4.77. The van der Waals surface area contributed by atoms with Crippen LogP contribution in [0.3, 0.4) is 0 Å². The van der Waals surface area contributed by atoms with Crippen molar-refractivity contribution in [3.05, 3.63) is 24.2 Å². The molecule has 2 heterocycles. The van der Waals surface area contributed by atoms with E-state index in [1.807, 2.05) is 6.07 Å². The van der Waals surface area contributed by atoms with E-state index in [-0.39, 0.29) is 29.0 Å². The van der Waals surface area contributed by atoms with E-state index >= 15 is 0 Å². The van der Waals surface area contributed by atoms with Gasteiger partial charge >= 0.3 is 5.97 Å². The smallest absolute Gasteiger partial charge is 0.302 e. The van der Waals surface area contributed by atoms with Crippen molar-refractivity contribution in [3.63, 3.8) is 0 Å². The molecule has 4 nitrogen and oxygen atoms in total. The summed E-state index contributed by atoms with van der Waals surface area (Å²) in [6.45, 7) is 9.43. The Morgan fingerprint density at radius 3 is 2.81 bits per heavy atom. The molecule has 0 radical (unpaired) electrons. The van der Waals surface area contributed by atoms with Crippen LogP contribution in [0.5, 0.6) is 0 Å². The zero-order valence-electron chi connectivity index (χ0n) is 16.5. The minimum Gasteiger partial charge on any atom is -0.472 e. The average Bonchev–Trinajstić information content (AvgIpc) is 3.09. The molecular formula is C22H32O4. The Bertz CT molecular complexity index is 664. The van der Waals surface area contributed by atoms with Crippen LogP contribution in [0.4, 0.5) is 0 Å². The first-order valence-electron chi connectivity index (χ1n) is 10.1. The number of ether oxygens (including phenoxy) is 2. The highest BCUT2D eigenvalue weighted by Crippen LogP contribution is 2.67. The number of furan rings is 1. The number of rotatable bonds is 4. The summed E-state index contributed by atoms with van der Waals surface area (Å²) in [6.07, 6.45) is 9.98. The van der Waals surface area contributed by atoms with Crippen LogP contribution < -0.4 is 0 Å². The third-order valence-electron chi connectivity index (χ3n) is 7.68. The number of hydrogen-bond acceptors (Lipinski definition) is 4. The van der Waals surface area contributed by atoms with Gasteiger partial charge < -0.3 is 13.9 Å². The zero-order valence-corrected chi connectivity index (χ0v) is 16.5. The van der Waals surface area contributed by atoms with Crippen molar-refractivity contribution in [1.29, 1.82) is 0 Å². The second-order valence-electron chi connectivity index (χ2n) is 9.73. The highest BCUT2D eigenvalue weighted by atomic mass is 16.6. The van der Waals surface area contributed by atoms with Crippen LogP contribution in [0.1, 0.15) is 65.4 Å². The van der Waals surface area contributed by atoms with Gasteiger partial charge in [-0.2, -0.15) is 0 Å². The summed E-state index contributed by atoms with van der Waals surface area (Å²) in [6, 6.07) is 1.98. The lowest BCUT2D eigenvalue weighted by atomic mass is 9.45. The van der Waals surface area contributed by atoms with E-state index in [0.717, 1.165) is 18.6 Å². The van der Waals surface area contributed by atoms with Crippen molar-refractivity contribution in [1.82, 2.24) is 0 Å². The number of carbonyl (C=O) groups excluding carboxylic acids is 1. The molecule has 26 heavy (non-hydrogen) atoms. The molecular weight excluding hydrogens is 328 g/mol. The first-order valence-corrected chi connectivity index (χ1v) is 10.1. The van der Waals surface area contributed by atoms with Crippen LogP contribution in [0.25, 0.3) is 0 Å². The van der Waals surface area contributed by atoms with Crippen molar-refractivity contribution in [2.45, 2.75) is 77.9 Å². The Balaban J connectivity index is 1.74. The fourth-order valence-electron chi connectivity index (χ4n) is 6.81. The van der Waals surface area contributed by atoms with Crippen molar-refractivity contribution in [3.8, 4) is 0 Å². The molecule has 3 aliphatic rings. The van der Waals surface area contributed by atoms with Gasteiger partial charge in [0.05, 0.1) is 24.7 Å². The van der Waals surface area contributed by atoms with Gasteiger partial charge in [0.2, 0.25) is 0 Å². The molecule has 0 N–H and O–H groups in total. The number of fused-ring (bicyclic) bond motifs is 1. The summed E-state index contributed by atoms with van der Waals surface area (Å²) in [5, 5.41) is 0. The molecule has 144 valence electrons. The van der Waals surface area contributed by atoms with Crippen molar-refractivity contribution < 1.29 is 18.7 Å². The van der Waals surface area contributed by atoms with Gasteiger partial charge in [0.15, 0.2) is 0 Å². The minimum absolute atomic E-state index is 0.124. The van der Waals surface area contributed by atoms with Gasteiger partial charge in [0.25, 0.3) is 0 Å². The molecule has 1 spiro atoms. The van der Waals surface area contributed by atoms with Crippen LogP contribution in [0, 0.1) is 22.7 Å². The molecule has 0 amide bonds. The van der Waals surface area contributed by atoms with Crippen molar-refractivity contribution in [2.24, 2.45) is 22.7 Å². The molecule has 2 saturated carbocycles. The van der Waals surface area contributed by atoms with E-state index in [1.165, 1.54) is 32.6 Å². The lowest BCUT2D eigenvalue weighted by Crippen LogP contribution is -2.58. The molecule has 3 fully saturated rings. The quantitative estimate of drug-likeness (QED) is 0.726. The van der Waals surface area contributed by atoms with Crippen molar-refractivity contribution in [2.75, 3.05) is 6.61 Å². The Kier molecular flexibility index (Phi) is 4.26. The Morgan fingerprint density at radius 2 is 2.12 bits per heavy atom. The third-order valence-corrected chi connectivity index (χ3v) is 7.68. The highest BCUT2D eigenvalue weighted by molar-refractivity contribution is 5.66. The van der Waals surface area contributed by atoms with Gasteiger partial charge in [-0.05, 0) is 55.6 Å². The second-order valence-corrected chi connectivity index (χ2v) is 9.73. The number of esters is 1. The summed E-state index contributed by atoms with van der Waals surface area (Å²) < 4.78 is 17.7. The van der Waals surface area contributed by atoms with Crippen LogP contribution in [0.15, 0.2) is 23.0 Å². The topological polar surface area (TPSA) is 48.7 Å². The summed E-state index contributed by atoms with van der Waals surface area (Å²) >= 11 is 0. The van der Waals surface area contributed by atoms with Gasteiger partial charge in [0.1, 0.15) is 6.10 Å². The first kappa shape index (κ1) is 18.1. The first-order chi connectivity index (χ1) is 12.3. The maximum Gasteiger partial charge on any atom is 0.302 e. The van der Waals surface area contributed by atoms with E-state index in [1.54, 1.807) is 12.5 Å². The average molecular weight is 360 g/mol. The molecule has 4 rings (SSSR count). The normalized spacial score (nSPS) is 39.2. The van der Waals surface area contributed by atoms with E-state index < -0.39 is 0 Å². The van der Waals surface area contributed by atoms with Gasteiger partial charge in [-0.25, -0.2) is 0 Å². The molecule has 1 aromatic heterocycles. The highest BCUT2D eigenvalue weighted by Gasteiger charge is 2.67. The van der Waals surface area contributed by atoms with Gasteiger partial charge in [0, 0.05) is 24.7 Å². The summed E-state index contributed by atoms with van der Waals surface area (Å²) in [5.74, 6) is 0.675. The zero-order chi connectivity index (χ0) is 18.6. The fraction of sp³-hybridized carbons (Fsp3) is 0.773. The van der Waals surface area contributed by atoms with Gasteiger partial charge in [-0.1, -0.05) is 20.3 Å². The minimum atomic E-state index is -0.201. The Morgan fingerprint density at radius 1 is 1.31 bits per heavy atom. The molecule has 0 unspecified atom stereocenters. The summed E-state index contributed by atoms with van der Waals surface area (Å²) in [4.78, 5) is 12.0. The molecule has 4 heteroatoms. The molecule has 0 aromatic carbocycles. The SMILES string of the molecule is CC(=O)O[C@@H](Cc1ccoc1)[C@@H]1[C@@]23CCCC(C)(C)[C@@H]2CC[C@]1(C)OC3. The maximum absolute atomic E-state index is 12.0. The lowest BCUT2D eigenvalue weighted by molar-refractivity contribution is -0.167. The summed E-state index contributed by atoms with van der Waals surface area (Å²) in [5.41, 5.74) is 1.33. The predicted molar refractivity (Wildman–Crippen MR) is 98.6 cm³/mol. The molecule has 1 saturated heterocycles. The van der Waals surface area contributed by atoms with Crippen LogP contribution >= 0.6 is 0 Å². The third kappa shape index (κ3) is 2.72. The molecule has 2 aliphatic carbocycles. The van der Waals surface area contributed by atoms with Crippen molar-refractivity contribution >= 4 is 5.97 Å².